The van der Waals surface area contributed by atoms with Gasteiger partial charge in [-0.3, -0.25) is 14.4 Å². The predicted molar refractivity (Wildman–Crippen MR) is 86.4 cm³/mol. The molecule has 0 aliphatic heterocycles. The Labute approximate surface area is 134 Å². The summed E-state index contributed by atoms with van der Waals surface area (Å²) in [5.41, 5.74) is 0. The standard InChI is InChI=1S/C15H23N3O3S/c1-4-7-16-15(21)10(2)17-14(20)9-12(18-11(3)19)13-6-5-8-22-13/h5-6,8,10,12H,4,7,9H2,1-3H3,(H,16,21)(H,17,20)(H,18,19). The van der Waals surface area contributed by atoms with Crippen molar-refractivity contribution in [2.24, 2.45) is 0 Å². The summed E-state index contributed by atoms with van der Waals surface area (Å²) in [6, 6.07) is 2.77. The molecule has 0 bridgehead atoms. The van der Waals surface area contributed by atoms with Crippen LogP contribution >= 0.6 is 11.3 Å². The molecule has 3 amide bonds. The van der Waals surface area contributed by atoms with Crippen molar-refractivity contribution in [3.63, 3.8) is 0 Å². The first-order valence-corrected chi connectivity index (χ1v) is 8.19. The summed E-state index contributed by atoms with van der Waals surface area (Å²) in [5, 5.41) is 10.0. The lowest BCUT2D eigenvalue weighted by molar-refractivity contribution is -0.129. The molecule has 0 aromatic carbocycles. The van der Waals surface area contributed by atoms with Crippen LogP contribution in [0, 0.1) is 0 Å². The largest absolute Gasteiger partial charge is 0.354 e. The molecule has 2 unspecified atom stereocenters. The fourth-order valence-corrected chi connectivity index (χ4v) is 2.69. The van der Waals surface area contributed by atoms with E-state index in [-0.39, 0.29) is 30.2 Å². The molecule has 1 aromatic rings. The molecule has 0 spiro atoms. The third kappa shape index (κ3) is 6.26. The second-order valence-corrected chi connectivity index (χ2v) is 6.03. The second-order valence-electron chi connectivity index (χ2n) is 5.05. The van der Waals surface area contributed by atoms with Crippen LogP contribution in [-0.2, 0) is 14.4 Å². The van der Waals surface area contributed by atoms with Gasteiger partial charge in [-0.25, -0.2) is 0 Å². The van der Waals surface area contributed by atoms with Gasteiger partial charge >= 0.3 is 0 Å². The van der Waals surface area contributed by atoms with E-state index in [0.717, 1.165) is 11.3 Å². The highest BCUT2D eigenvalue weighted by atomic mass is 32.1. The van der Waals surface area contributed by atoms with Crippen molar-refractivity contribution in [2.75, 3.05) is 6.54 Å². The predicted octanol–water partition coefficient (Wildman–Crippen LogP) is 1.35. The Bertz CT molecular complexity index is 502. The van der Waals surface area contributed by atoms with Gasteiger partial charge in [-0.2, -0.15) is 0 Å². The molecular formula is C15H23N3O3S. The minimum absolute atomic E-state index is 0.103. The van der Waals surface area contributed by atoms with Crippen molar-refractivity contribution in [1.82, 2.24) is 16.0 Å². The van der Waals surface area contributed by atoms with Crippen molar-refractivity contribution in [2.45, 2.75) is 45.7 Å². The molecular weight excluding hydrogens is 302 g/mol. The third-order valence-corrected chi connectivity index (χ3v) is 3.96. The average molecular weight is 325 g/mol. The molecule has 6 nitrogen and oxygen atoms in total. The quantitative estimate of drug-likeness (QED) is 0.674. The van der Waals surface area contributed by atoms with Crippen molar-refractivity contribution in [3.8, 4) is 0 Å². The highest BCUT2D eigenvalue weighted by Gasteiger charge is 2.21. The molecule has 0 saturated heterocycles. The molecule has 0 aliphatic rings. The molecule has 3 N–H and O–H groups in total. The maximum absolute atomic E-state index is 12.1. The van der Waals surface area contributed by atoms with Gasteiger partial charge in [-0.15, -0.1) is 11.3 Å². The zero-order valence-electron chi connectivity index (χ0n) is 13.1. The van der Waals surface area contributed by atoms with Crippen molar-refractivity contribution >= 4 is 29.1 Å². The van der Waals surface area contributed by atoms with E-state index < -0.39 is 6.04 Å². The molecule has 122 valence electrons. The number of carbonyl (C=O) groups excluding carboxylic acids is 3. The lowest BCUT2D eigenvalue weighted by Gasteiger charge is -2.18. The fourth-order valence-electron chi connectivity index (χ4n) is 1.91. The molecule has 0 radical (unpaired) electrons. The topological polar surface area (TPSA) is 87.3 Å². The van der Waals surface area contributed by atoms with Crippen molar-refractivity contribution < 1.29 is 14.4 Å². The van der Waals surface area contributed by atoms with E-state index in [4.69, 9.17) is 0 Å². The van der Waals surface area contributed by atoms with Gasteiger partial charge in [0.05, 0.1) is 12.5 Å². The normalized spacial score (nSPS) is 13.0. The summed E-state index contributed by atoms with van der Waals surface area (Å²) in [6.07, 6.45) is 0.945. The highest BCUT2D eigenvalue weighted by Crippen LogP contribution is 2.21. The number of hydrogen-bond donors (Lipinski definition) is 3. The molecule has 0 fully saturated rings. The molecule has 1 rings (SSSR count). The zero-order valence-corrected chi connectivity index (χ0v) is 14.0. The molecule has 2 atom stereocenters. The number of hydrogen-bond acceptors (Lipinski definition) is 4. The second kappa shape index (κ2) is 9.19. The zero-order chi connectivity index (χ0) is 16.5. The van der Waals surface area contributed by atoms with Crippen LogP contribution in [0.25, 0.3) is 0 Å². The molecule has 0 aliphatic carbocycles. The highest BCUT2D eigenvalue weighted by molar-refractivity contribution is 7.10. The van der Waals surface area contributed by atoms with Gasteiger partial charge in [0.1, 0.15) is 6.04 Å². The van der Waals surface area contributed by atoms with E-state index in [2.05, 4.69) is 16.0 Å². The van der Waals surface area contributed by atoms with Crippen LogP contribution in [-0.4, -0.2) is 30.3 Å². The maximum atomic E-state index is 12.1. The summed E-state index contributed by atoms with van der Waals surface area (Å²) in [6.45, 7) is 5.60. The Kier molecular flexibility index (Phi) is 7.59. The average Bonchev–Trinajstić information content (AvgIpc) is 2.97. The number of rotatable bonds is 8. The van der Waals surface area contributed by atoms with Crippen LogP contribution in [0.4, 0.5) is 0 Å². The minimum Gasteiger partial charge on any atom is -0.354 e. The summed E-state index contributed by atoms with van der Waals surface area (Å²) >= 11 is 1.48. The van der Waals surface area contributed by atoms with E-state index in [0.29, 0.717) is 6.54 Å². The van der Waals surface area contributed by atoms with Crippen LogP contribution < -0.4 is 16.0 Å². The van der Waals surface area contributed by atoms with Crippen LogP contribution in [0.3, 0.4) is 0 Å². The molecule has 1 aromatic heterocycles. The van der Waals surface area contributed by atoms with Gasteiger partial charge in [0.15, 0.2) is 0 Å². The van der Waals surface area contributed by atoms with E-state index in [9.17, 15) is 14.4 Å². The Hall–Kier alpha value is -1.89. The molecule has 7 heteroatoms. The van der Waals surface area contributed by atoms with Crippen molar-refractivity contribution in [3.05, 3.63) is 22.4 Å². The van der Waals surface area contributed by atoms with E-state index in [1.54, 1.807) is 6.92 Å². The minimum atomic E-state index is -0.597. The van der Waals surface area contributed by atoms with E-state index in [1.807, 2.05) is 24.4 Å². The molecule has 22 heavy (non-hydrogen) atoms. The lowest BCUT2D eigenvalue weighted by Crippen LogP contribution is -2.45. The van der Waals surface area contributed by atoms with Gasteiger partial charge in [-0.1, -0.05) is 13.0 Å². The Morgan fingerprint density at radius 3 is 2.55 bits per heavy atom. The van der Waals surface area contributed by atoms with Gasteiger partial charge in [0.2, 0.25) is 17.7 Å². The third-order valence-electron chi connectivity index (χ3n) is 2.97. The van der Waals surface area contributed by atoms with Crippen LogP contribution in [0.1, 0.15) is 44.5 Å². The number of thiophene rings is 1. The van der Waals surface area contributed by atoms with Crippen LogP contribution in [0.5, 0.6) is 0 Å². The maximum Gasteiger partial charge on any atom is 0.242 e. The van der Waals surface area contributed by atoms with Gasteiger partial charge in [-0.05, 0) is 24.8 Å². The first-order chi connectivity index (χ1) is 10.4. The summed E-state index contributed by atoms with van der Waals surface area (Å²) in [7, 11) is 0. The first-order valence-electron chi connectivity index (χ1n) is 7.31. The molecule has 0 saturated carbocycles. The Balaban J connectivity index is 2.56. The smallest absolute Gasteiger partial charge is 0.242 e. The van der Waals surface area contributed by atoms with E-state index in [1.165, 1.54) is 18.3 Å². The summed E-state index contributed by atoms with van der Waals surface area (Å²) in [4.78, 5) is 36.0. The SMILES string of the molecule is CCCNC(=O)C(C)NC(=O)CC(NC(C)=O)c1cccs1. The van der Waals surface area contributed by atoms with Gasteiger partial charge < -0.3 is 16.0 Å². The number of amides is 3. The Morgan fingerprint density at radius 2 is 2.00 bits per heavy atom. The monoisotopic (exact) mass is 325 g/mol. The Morgan fingerprint density at radius 1 is 1.27 bits per heavy atom. The van der Waals surface area contributed by atoms with Crippen LogP contribution in [0.15, 0.2) is 17.5 Å². The van der Waals surface area contributed by atoms with Gasteiger partial charge in [0, 0.05) is 18.3 Å². The lowest BCUT2D eigenvalue weighted by atomic mass is 10.1. The van der Waals surface area contributed by atoms with Crippen LogP contribution in [0.2, 0.25) is 0 Å². The van der Waals surface area contributed by atoms with Crippen molar-refractivity contribution in [1.29, 1.82) is 0 Å². The van der Waals surface area contributed by atoms with Gasteiger partial charge in [0.25, 0.3) is 0 Å². The molecule has 1 heterocycles. The van der Waals surface area contributed by atoms with E-state index >= 15 is 0 Å². The summed E-state index contributed by atoms with van der Waals surface area (Å²) in [5.74, 6) is -0.673. The number of nitrogens with one attached hydrogen (secondary N) is 3. The first kappa shape index (κ1) is 18.2. The number of carbonyl (C=O) groups is 3. The fraction of sp³-hybridized carbons (Fsp3) is 0.533. The summed E-state index contributed by atoms with van der Waals surface area (Å²) < 4.78 is 0.